The fourth-order valence-electron chi connectivity index (χ4n) is 1.96. The molecule has 2 rings (SSSR count). The van der Waals surface area contributed by atoms with Crippen LogP contribution in [0.2, 0.25) is 0 Å². The van der Waals surface area contributed by atoms with Gasteiger partial charge >= 0.3 is 0 Å². The lowest BCUT2D eigenvalue weighted by molar-refractivity contribution is -0.123. The number of amides is 1. The SMILES string of the molecule is COCC(N)C(=O)NCc1cccnc1-n1ccnc1C. The van der Waals surface area contributed by atoms with E-state index < -0.39 is 6.04 Å². The van der Waals surface area contributed by atoms with Crippen molar-refractivity contribution in [2.45, 2.75) is 19.5 Å². The molecule has 2 aromatic heterocycles. The molecule has 0 saturated heterocycles. The van der Waals surface area contributed by atoms with Crippen molar-refractivity contribution in [1.29, 1.82) is 0 Å². The quantitative estimate of drug-likeness (QED) is 0.790. The zero-order valence-electron chi connectivity index (χ0n) is 12.1. The number of carbonyl (C=O) groups is 1. The predicted octanol–water partition coefficient (Wildman–Crippen LogP) is 0.166. The molecule has 0 spiro atoms. The van der Waals surface area contributed by atoms with E-state index in [1.807, 2.05) is 29.8 Å². The van der Waals surface area contributed by atoms with Gasteiger partial charge in [0.2, 0.25) is 5.91 Å². The number of carbonyl (C=O) groups excluding carboxylic acids is 1. The first kappa shape index (κ1) is 15.1. The van der Waals surface area contributed by atoms with Gasteiger partial charge in [0, 0.05) is 37.8 Å². The maximum atomic E-state index is 11.8. The van der Waals surface area contributed by atoms with E-state index in [0.717, 1.165) is 17.2 Å². The smallest absolute Gasteiger partial charge is 0.239 e. The molecule has 0 aliphatic rings. The fourth-order valence-corrected chi connectivity index (χ4v) is 1.96. The molecule has 2 heterocycles. The van der Waals surface area contributed by atoms with Crippen molar-refractivity contribution in [3.05, 3.63) is 42.1 Å². The van der Waals surface area contributed by atoms with Gasteiger partial charge in [-0.05, 0) is 13.0 Å². The number of imidazole rings is 1. The van der Waals surface area contributed by atoms with Gasteiger partial charge in [-0.3, -0.25) is 9.36 Å². The second-order valence-electron chi connectivity index (χ2n) is 4.61. The van der Waals surface area contributed by atoms with Gasteiger partial charge in [-0.2, -0.15) is 0 Å². The largest absolute Gasteiger partial charge is 0.383 e. The van der Waals surface area contributed by atoms with Crippen LogP contribution in [0.1, 0.15) is 11.4 Å². The fraction of sp³-hybridized carbons (Fsp3) is 0.357. The first-order valence-electron chi connectivity index (χ1n) is 6.60. The summed E-state index contributed by atoms with van der Waals surface area (Å²) in [6.45, 7) is 2.43. The highest BCUT2D eigenvalue weighted by Gasteiger charge is 2.14. The number of nitrogens with zero attached hydrogens (tertiary/aromatic N) is 3. The molecule has 21 heavy (non-hydrogen) atoms. The molecule has 7 heteroatoms. The normalized spacial score (nSPS) is 12.1. The Morgan fingerprint density at radius 2 is 2.29 bits per heavy atom. The number of aryl methyl sites for hydroxylation is 1. The summed E-state index contributed by atoms with van der Waals surface area (Å²) in [5.74, 6) is 1.32. The van der Waals surface area contributed by atoms with Gasteiger partial charge < -0.3 is 15.8 Å². The lowest BCUT2D eigenvalue weighted by atomic mass is 10.2. The van der Waals surface area contributed by atoms with E-state index in [1.165, 1.54) is 7.11 Å². The average Bonchev–Trinajstić information content (AvgIpc) is 2.91. The van der Waals surface area contributed by atoms with Gasteiger partial charge in [-0.15, -0.1) is 0 Å². The van der Waals surface area contributed by atoms with Gasteiger partial charge in [0.1, 0.15) is 17.7 Å². The standard InChI is InChI=1S/C14H19N5O2/c1-10-16-6-7-19(10)13-11(4-3-5-17-13)8-18-14(20)12(15)9-21-2/h3-7,12H,8-9,15H2,1-2H3,(H,18,20). The maximum absolute atomic E-state index is 11.8. The summed E-state index contributed by atoms with van der Waals surface area (Å²) >= 11 is 0. The van der Waals surface area contributed by atoms with Crippen molar-refractivity contribution in [1.82, 2.24) is 19.9 Å². The van der Waals surface area contributed by atoms with Crippen molar-refractivity contribution < 1.29 is 9.53 Å². The summed E-state index contributed by atoms with van der Waals surface area (Å²) in [4.78, 5) is 20.4. The van der Waals surface area contributed by atoms with E-state index in [9.17, 15) is 4.79 Å². The molecule has 1 amide bonds. The van der Waals surface area contributed by atoms with Crippen LogP contribution < -0.4 is 11.1 Å². The average molecular weight is 289 g/mol. The Morgan fingerprint density at radius 1 is 1.48 bits per heavy atom. The monoisotopic (exact) mass is 289 g/mol. The van der Waals surface area contributed by atoms with Gasteiger partial charge in [-0.1, -0.05) is 6.07 Å². The number of hydrogen-bond donors (Lipinski definition) is 2. The highest BCUT2D eigenvalue weighted by Crippen LogP contribution is 2.13. The van der Waals surface area contributed by atoms with E-state index in [1.54, 1.807) is 12.4 Å². The lowest BCUT2D eigenvalue weighted by Crippen LogP contribution is -2.43. The zero-order chi connectivity index (χ0) is 15.2. The number of pyridine rings is 1. The van der Waals surface area contributed by atoms with E-state index in [-0.39, 0.29) is 12.5 Å². The summed E-state index contributed by atoms with van der Waals surface area (Å²) in [6.07, 6.45) is 5.25. The number of ether oxygens (including phenoxy) is 1. The van der Waals surface area contributed by atoms with Crippen molar-refractivity contribution in [2.75, 3.05) is 13.7 Å². The topological polar surface area (TPSA) is 95.1 Å². The van der Waals surface area contributed by atoms with Gasteiger partial charge in [-0.25, -0.2) is 9.97 Å². The van der Waals surface area contributed by atoms with Crippen LogP contribution in [0.25, 0.3) is 5.82 Å². The van der Waals surface area contributed by atoms with Crippen molar-refractivity contribution in [2.24, 2.45) is 5.73 Å². The van der Waals surface area contributed by atoms with E-state index in [4.69, 9.17) is 10.5 Å². The minimum absolute atomic E-state index is 0.187. The van der Waals surface area contributed by atoms with Crippen LogP contribution >= 0.6 is 0 Å². The van der Waals surface area contributed by atoms with Crippen LogP contribution in [-0.4, -0.2) is 40.2 Å². The van der Waals surface area contributed by atoms with Crippen LogP contribution in [0, 0.1) is 6.92 Å². The lowest BCUT2D eigenvalue weighted by Gasteiger charge is -2.14. The zero-order valence-corrected chi connectivity index (χ0v) is 12.1. The number of aromatic nitrogens is 3. The second-order valence-corrected chi connectivity index (χ2v) is 4.61. The minimum atomic E-state index is -0.676. The van der Waals surface area contributed by atoms with Crippen LogP contribution in [-0.2, 0) is 16.1 Å². The Bertz CT molecular complexity index is 611. The molecule has 0 aliphatic heterocycles. The predicted molar refractivity (Wildman–Crippen MR) is 77.8 cm³/mol. The molecule has 0 aromatic carbocycles. The highest BCUT2D eigenvalue weighted by molar-refractivity contribution is 5.81. The minimum Gasteiger partial charge on any atom is -0.383 e. The molecule has 0 fully saturated rings. The first-order chi connectivity index (χ1) is 10.1. The Morgan fingerprint density at radius 3 is 2.95 bits per heavy atom. The number of hydrogen-bond acceptors (Lipinski definition) is 5. The Kier molecular flexibility index (Phi) is 5.02. The van der Waals surface area contributed by atoms with E-state index in [0.29, 0.717) is 6.54 Å². The van der Waals surface area contributed by atoms with Crippen molar-refractivity contribution in [3.8, 4) is 5.82 Å². The number of rotatable bonds is 6. The van der Waals surface area contributed by atoms with Crippen LogP contribution in [0.4, 0.5) is 0 Å². The number of methoxy groups -OCH3 is 1. The Balaban J connectivity index is 2.11. The molecular weight excluding hydrogens is 270 g/mol. The van der Waals surface area contributed by atoms with Gasteiger partial charge in [0.15, 0.2) is 0 Å². The molecule has 7 nitrogen and oxygen atoms in total. The van der Waals surface area contributed by atoms with Crippen molar-refractivity contribution in [3.63, 3.8) is 0 Å². The van der Waals surface area contributed by atoms with Gasteiger partial charge in [0.25, 0.3) is 0 Å². The highest BCUT2D eigenvalue weighted by atomic mass is 16.5. The molecule has 1 unspecified atom stereocenters. The molecule has 1 atom stereocenters. The third-order valence-electron chi connectivity index (χ3n) is 3.06. The Labute approximate surface area is 123 Å². The summed E-state index contributed by atoms with van der Waals surface area (Å²) in [5, 5.41) is 2.79. The van der Waals surface area contributed by atoms with Crippen LogP contribution in [0.15, 0.2) is 30.7 Å². The van der Waals surface area contributed by atoms with Crippen molar-refractivity contribution >= 4 is 5.91 Å². The summed E-state index contributed by atoms with van der Waals surface area (Å²) in [7, 11) is 1.51. The first-order valence-corrected chi connectivity index (χ1v) is 6.60. The maximum Gasteiger partial charge on any atom is 0.239 e. The molecule has 0 radical (unpaired) electrons. The summed E-state index contributed by atoms with van der Waals surface area (Å²) in [6, 6.07) is 3.06. The molecule has 0 aliphatic carbocycles. The van der Waals surface area contributed by atoms with Crippen LogP contribution in [0.5, 0.6) is 0 Å². The summed E-state index contributed by atoms with van der Waals surface area (Å²) < 4.78 is 6.74. The second kappa shape index (κ2) is 6.96. The van der Waals surface area contributed by atoms with E-state index in [2.05, 4.69) is 15.3 Å². The molecule has 3 N–H and O–H groups in total. The molecule has 0 saturated carbocycles. The number of nitrogens with two attached hydrogens (primary N) is 1. The third kappa shape index (κ3) is 3.65. The summed E-state index contributed by atoms with van der Waals surface area (Å²) in [5.41, 5.74) is 6.57. The molecule has 112 valence electrons. The molecule has 2 aromatic rings. The molecular formula is C14H19N5O2. The van der Waals surface area contributed by atoms with Crippen LogP contribution in [0.3, 0.4) is 0 Å². The Hall–Kier alpha value is -2.25. The molecule has 0 bridgehead atoms. The van der Waals surface area contributed by atoms with Gasteiger partial charge in [0.05, 0.1) is 6.61 Å². The third-order valence-corrected chi connectivity index (χ3v) is 3.06. The number of nitrogens with one attached hydrogen (secondary N) is 1. The van der Waals surface area contributed by atoms with E-state index >= 15 is 0 Å².